The second-order valence-corrected chi connectivity index (χ2v) is 6.67. The van der Waals surface area contributed by atoms with E-state index in [1.54, 1.807) is 0 Å². The maximum absolute atomic E-state index is 5.30. The van der Waals surface area contributed by atoms with E-state index in [1.165, 1.54) is 51.6 Å². The highest BCUT2D eigenvalue weighted by Gasteiger charge is 2.52. The van der Waals surface area contributed by atoms with E-state index < -0.39 is 0 Å². The predicted octanol–water partition coefficient (Wildman–Crippen LogP) is 3.47. The minimum Gasteiger partial charge on any atom is -0.385 e. The van der Waals surface area contributed by atoms with Crippen LogP contribution >= 0.6 is 0 Å². The molecule has 0 aliphatic heterocycles. The smallest absolute Gasteiger partial charge is 0.0465 e. The van der Waals surface area contributed by atoms with Gasteiger partial charge in [0.15, 0.2) is 0 Å². The summed E-state index contributed by atoms with van der Waals surface area (Å²) in [6, 6.07) is 0. The Hall–Kier alpha value is -0.0800. The molecule has 0 radical (unpaired) electrons. The van der Waals surface area contributed by atoms with Crippen LogP contribution < -0.4 is 5.32 Å². The van der Waals surface area contributed by atoms with Crippen molar-refractivity contribution in [3.05, 3.63) is 0 Å². The largest absolute Gasteiger partial charge is 0.385 e. The molecule has 0 heterocycles. The standard InChI is InChI=1S/C16H31NO/c1-4-8-17-12-16(13(2)7-9-18-3)11-14-5-6-15(16)10-14/h13-15,17H,4-12H2,1-3H3. The van der Waals surface area contributed by atoms with Gasteiger partial charge in [-0.05, 0) is 61.8 Å². The molecule has 0 aromatic rings. The van der Waals surface area contributed by atoms with E-state index in [9.17, 15) is 0 Å². The zero-order valence-corrected chi connectivity index (χ0v) is 12.5. The van der Waals surface area contributed by atoms with Gasteiger partial charge in [0.2, 0.25) is 0 Å². The van der Waals surface area contributed by atoms with Crippen LogP contribution in [0.3, 0.4) is 0 Å². The van der Waals surface area contributed by atoms with Crippen molar-refractivity contribution in [3.8, 4) is 0 Å². The first kappa shape index (κ1) is 14.3. The van der Waals surface area contributed by atoms with Gasteiger partial charge in [0.25, 0.3) is 0 Å². The van der Waals surface area contributed by atoms with E-state index in [0.717, 1.165) is 24.4 Å². The first-order valence-corrected chi connectivity index (χ1v) is 7.92. The number of hydrogen-bond acceptors (Lipinski definition) is 2. The quantitative estimate of drug-likeness (QED) is 0.669. The van der Waals surface area contributed by atoms with Gasteiger partial charge >= 0.3 is 0 Å². The molecule has 2 fully saturated rings. The molecule has 2 saturated carbocycles. The first-order valence-electron chi connectivity index (χ1n) is 7.92. The zero-order chi connectivity index (χ0) is 13.0. The molecule has 0 spiro atoms. The lowest BCUT2D eigenvalue weighted by Gasteiger charge is -2.43. The Morgan fingerprint density at radius 1 is 1.39 bits per heavy atom. The van der Waals surface area contributed by atoms with E-state index >= 15 is 0 Å². The third kappa shape index (κ3) is 2.75. The molecule has 2 aliphatic rings. The van der Waals surface area contributed by atoms with Crippen molar-refractivity contribution in [2.45, 2.75) is 52.4 Å². The predicted molar refractivity (Wildman–Crippen MR) is 76.7 cm³/mol. The molecule has 2 nitrogen and oxygen atoms in total. The average molecular weight is 253 g/mol. The van der Waals surface area contributed by atoms with E-state index in [4.69, 9.17) is 4.74 Å². The van der Waals surface area contributed by atoms with E-state index in [1.807, 2.05) is 7.11 Å². The molecule has 2 aliphatic carbocycles. The topological polar surface area (TPSA) is 21.3 Å². The summed E-state index contributed by atoms with van der Waals surface area (Å²) in [6.07, 6.45) is 8.43. The monoisotopic (exact) mass is 253 g/mol. The minimum atomic E-state index is 0.580. The fourth-order valence-electron chi connectivity index (χ4n) is 4.56. The van der Waals surface area contributed by atoms with Crippen LogP contribution in [0.15, 0.2) is 0 Å². The number of methoxy groups -OCH3 is 1. The van der Waals surface area contributed by atoms with Gasteiger partial charge in [-0.3, -0.25) is 0 Å². The summed E-state index contributed by atoms with van der Waals surface area (Å²) in [5.41, 5.74) is 0.580. The van der Waals surface area contributed by atoms with Crippen molar-refractivity contribution in [2.75, 3.05) is 26.8 Å². The summed E-state index contributed by atoms with van der Waals surface area (Å²) in [6.45, 7) is 8.07. The maximum Gasteiger partial charge on any atom is 0.0465 e. The number of fused-ring (bicyclic) bond motifs is 2. The lowest BCUT2D eigenvalue weighted by molar-refractivity contribution is 0.0575. The second kappa shape index (κ2) is 6.38. The van der Waals surface area contributed by atoms with E-state index in [0.29, 0.717) is 5.41 Å². The Morgan fingerprint density at radius 3 is 2.78 bits per heavy atom. The van der Waals surface area contributed by atoms with Crippen LogP contribution in [0.2, 0.25) is 0 Å². The molecule has 0 saturated heterocycles. The number of hydrogen-bond donors (Lipinski definition) is 1. The fraction of sp³-hybridized carbons (Fsp3) is 1.00. The molecule has 18 heavy (non-hydrogen) atoms. The van der Waals surface area contributed by atoms with Crippen LogP contribution in [0.4, 0.5) is 0 Å². The Bertz CT molecular complexity index is 255. The van der Waals surface area contributed by atoms with Crippen molar-refractivity contribution in [3.63, 3.8) is 0 Å². The summed E-state index contributed by atoms with van der Waals surface area (Å²) in [4.78, 5) is 0. The molecular formula is C16H31NO. The average Bonchev–Trinajstić information content (AvgIpc) is 2.97. The highest BCUT2D eigenvalue weighted by molar-refractivity contribution is 5.03. The molecule has 4 atom stereocenters. The van der Waals surface area contributed by atoms with Gasteiger partial charge < -0.3 is 10.1 Å². The lowest BCUT2D eigenvalue weighted by atomic mass is 9.64. The van der Waals surface area contributed by atoms with Crippen LogP contribution in [0.5, 0.6) is 0 Å². The van der Waals surface area contributed by atoms with Gasteiger partial charge in [-0.2, -0.15) is 0 Å². The summed E-state index contributed by atoms with van der Waals surface area (Å²) < 4.78 is 5.30. The first-order chi connectivity index (χ1) is 8.73. The molecule has 2 rings (SSSR count). The van der Waals surface area contributed by atoms with Gasteiger partial charge in [-0.25, -0.2) is 0 Å². The van der Waals surface area contributed by atoms with Crippen LogP contribution in [0, 0.1) is 23.2 Å². The molecule has 106 valence electrons. The SMILES string of the molecule is CCCNCC1(C(C)CCOC)CC2CCC1C2. The van der Waals surface area contributed by atoms with Gasteiger partial charge in [0.1, 0.15) is 0 Å². The van der Waals surface area contributed by atoms with Crippen LogP contribution in [0.1, 0.15) is 52.4 Å². The zero-order valence-electron chi connectivity index (χ0n) is 12.5. The molecule has 2 bridgehead atoms. The van der Waals surface area contributed by atoms with Gasteiger partial charge in [-0.1, -0.05) is 20.3 Å². The lowest BCUT2D eigenvalue weighted by Crippen LogP contribution is -2.44. The van der Waals surface area contributed by atoms with E-state index in [2.05, 4.69) is 19.2 Å². The highest BCUT2D eigenvalue weighted by Crippen LogP contribution is 2.59. The molecule has 4 unspecified atom stereocenters. The van der Waals surface area contributed by atoms with Gasteiger partial charge in [0, 0.05) is 20.3 Å². The summed E-state index contributed by atoms with van der Waals surface area (Å²) >= 11 is 0. The highest BCUT2D eigenvalue weighted by atomic mass is 16.5. The molecule has 0 aromatic heterocycles. The molecular weight excluding hydrogens is 222 g/mol. The Morgan fingerprint density at radius 2 is 2.22 bits per heavy atom. The van der Waals surface area contributed by atoms with Crippen LogP contribution in [-0.4, -0.2) is 26.8 Å². The Kier molecular flexibility index (Phi) is 5.08. The molecule has 2 heteroatoms. The third-order valence-corrected chi connectivity index (χ3v) is 5.64. The summed E-state index contributed by atoms with van der Waals surface area (Å²) in [5.74, 6) is 2.82. The van der Waals surface area contributed by atoms with E-state index in [-0.39, 0.29) is 0 Å². The van der Waals surface area contributed by atoms with Crippen molar-refractivity contribution in [1.29, 1.82) is 0 Å². The third-order valence-electron chi connectivity index (χ3n) is 5.64. The van der Waals surface area contributed by atoms with Gasteiger partial charge in [0.05, 0.1) is 0 Å². The summed E-state index contributed by atoms with van der Waals surface area (Å²) in [5, 5.41) is 3.72. The van der Waals surface area contributed by atoms with Crippen LogP contribution in [-0.2, 0) is 4.74 Å². The van der Waals surface area contributed by atoms with Gasteiger partial charge in [-0.15, -0.1) is 0 Å². The normalized spacial score (nSPS) is 36.2. The number of rotatable bonds is 8. The fourth-order valence-corrected chi connectivity index (χ4v) is 4.56. The van der Waals surface area contributed by atoms with Crippen molar-refractivity contribution in [2.24, 2.45) is 23.2 Å². The van der Waals surface area contributed by atoms with Crippen molar-refractivity contribution < 1.29 is 4.74 Å². The molecule has 0 aromatic carbocycles. The second-order valence-electron chi connectivity index (χ2n) is 6.67. The van der Waals surface area contributed by atoms with Crippen molar-refractivity contribution >= 4 is 0 Å². The number of ether oxygens (including phenoxy) is 1. The van der Waals surface area contributed by atoms with Crippen LogP contribution in [0.25, 0.3) is 0 Å². The Balaban J connectivity index is 1.98. The molecule has 1 N–H and O–H groups in total. The summed E-state index contributed by atoms with van der Waals surface area (Å²) in [7, 11) is 1.83. The number of nitrogens with one attached hydrogen (secondary N) is 1. The van der Waals surface area contributed by atoms with Crippen molar-refractivity contribution in [1.82, 2.24) is 5.32 Å². The minimum absolute atomic E-state index is 0.580. The maximum atomic E-state index is 5.30. The Labute approximate surface area is 113 Å². The molecule has 0 amide bonds.